The SMILES string of the molecule is Cc1cc2ncc(C(=O)NC(C)CO)c(C)n2n1. The number of nitrogens with zero attached hydrogens (tertiary/aromatic N) is 3. The highest BCUT2D eigenvalue weighted by Crippen LogP contribution is 2.11. The molecule has 2 heterocycles. The first kappa shape index (κ1) is 12.5. The average molecular weight is 248 g/mol. The normalized spacial score (nSPS) is 12.7. The maximum atomic E-state index is 12.0. The monoisotopic (exact) mass is 248 g/mol. The standard InChI is InChI=1S/C12H16N4O2/c1-7-4-11-13-5-10(9(3)16(11)15-7)12(18)14-8(2)6-17/h4-5,8,17H,6H2,1-3H3,(H,14,18). The van der Waals surface area contributed by atoms with Crippen LogP contribution in [0.15, 0.2) is 12.3 Å². The van der Waals surface area contributed by atoms with Gasteiger partial charge in [0.1, 0.15) is 0 Å². The van der Waals surface area contributed by atoms with Crippen molar-refractivity contribution in [2.45, 2.75) is 26.8 Å². The number of aryl methyl sites for hydroxylation is 2. The molecule has 0 aliphatic carbocycles. The van der Waals surface area contributed by atoms with E-state index in [2.05, 4.69) is 15.4 Å². The Morgan fingerprint density at radius 2 is 2.28 bits per heavy atom. The zero-order valence-corrected chi connectivity index (χ0v) is 10.6. The second-order valence-electron chi connectivity index (χ2n) is 4.37. The summed E-state index contributed by atoms with van der Waals surface area (Å²) in [6, 6.07) is 1.57. The van der Waals surface area contributed by atoms with E-state index in [4.69, 9.17) is 5.11 Å². The Kier molecular flexibility index (Phi) is 3.29. The molecule has 6 heteroatoms. The van der Waals surface area contributed by atoms with E-state index >= 15 is 0 Å². The summed E-state index contributed by atoms with van der Waals surface area (Å²) in [5.41, 5.74) is 2.77. The first-order valence-electron chi connectivity index (χ1n) is 5.76. The Bertz CT molecular complexity index is 591. The summed E-state index contributed by atoms with van der Waals surface area (Å²) < 4.78 is 1.65. The predicted molar refractivity (Wildman–Crippen MR) is 66.5 cm³/mol. The zero-order valence-electron chi connectivity index (χ0n) is 10.6. The van der Waals surface area contributed by atoms with Gasteiger partial charge in [0.15, 0.2) is 5.65 Å². The molecule has 1 unspecified atom stereocenters. The van der Waals surface area contributed by atoms with Gasteiger partial charge in [-0.15, -0.1) is 0 Å². The highest BCUT2D eigenvalue weighted by molar-refractivity contribution is 5.95. The molecule has 0 spiro atoms. The minimum Gasteiger partial charge on any atom is -0.394 e. The lowest BCUT2D eigenvalue weighted by Crippen LogP contribution is -2.35. The van der Waals surface area contributed by atoms with Crippen LogP contribution in [0.4, 0.5) is 0 Å². The molecule has 0 radical (unpaired) electrons. The van der Waals surface area contributed by atoms with Crippen molar-refractivity contribution in [3.8, 4) is 0 Å². The quantitative estimate of drug-likeness (QED) is 0.827. The molecule has 2 rings (SSSR count). The molecular weight excluding hydrogens is 232 g/mol. The molecule has 6 nitrogen and oxygen atoms in total. The van der Waals surface area contributed by atoms with Crippen molar-refractivity contribution in [3.05, 3.63) is 29.2 Å². The first-order chi connectivity index (χ1) is 8.52. The van der Waals surface area contributed by atoms with Gasteiger partial charge in [0.25, 0.3) is 5.91 Å². The van der Waals surface area contributed by atoms with E-state index < -0.39 is 0 Å². The van der Waals surface area contributed by atoms with Gasteiger partial charge in [0, 0.05) is 18.3 Å². The van der Waals surface area contributed by atoms with Gasteiger partial charge >= 0.3 is 0 Å². The zero-order chi connectivity index (χ0) is 13.3. The van der Waals surface area contributed by atoms with Gasteiger partial charge in [0.2, 0.25) is 0 Å². The number of amides is 1. The second kappa shape index (κ2) is 4.73. The molecule has 1 amide bonds. The third-order valence-electron chi connectivity index (χ3n) is 2.74. The van der Waals surface area contributed by atoms with Crippen LogP contribution in [0.25, 0.3) is 5.65 Å². The number of rotatable bonds is 3. The van der Waals surface area contributed by atoms with E-state index in [1.807, 2.05) is 19.9 Å². The Labute approximate surface area is 105 Å². The lowest BCUT2D eigenvalue weighted by Gasteiger charge is -2.12. The Balaban J connectivity index is 2.39. The molecule has 2 N–H and O–H groups in total. The molecule has 2 aromatic heterocycles. The van der Waals surface area contributed by atoms with E-state index in [0.29, 0.717) is 5.56 Å². The van der Waals surface area contributed by atoms with Gasteiger partial charge in [0.05, 0.1) is 23.6 Å². The molecule has 96 valence electrons. The Morgan fingerprint density at radius 3 is 2.94 bits per heavy atom. The fourth-order valence-electron chi connectivity index (χ4n) is 1.73. The van der Waals surface area contributed by atoms with Crippen molar-refractivity contribution in [3.63, 3.8) is 0 Å². The molecule has 0 saturated heterocycles. The molecule has 0 bridgehead atoms. The minimum atomic E-state index is -0.285. The van der Waals surface area contributed by atoms with Gasteiger partial charge in [-0.1, -0.05) is 0 Å². The molecule has 0 aliphatic rings. The van der Waals surface area contributed by atoms with Crippen molar-refractivity contribution < 1.29 is 9.90 Å². The number of fused-ring (bicyclic) bond motifs is 1. The van der Waals surface area contributed by atoms with Gasteiger partial charge in [-0.05, 0) is 20.8 Å². The average Bonchev–Trinajstić information content (AvgIpc) is 2.70. The van der Waals surface area contributed by atoms with E-state index in [1.54, 1.807) is 11.4 Å². The Hall–Kier alpha value is -1.95. The molecule has 18 heavy (non-hydrogen) atoms. The number of aromatic nitrogens is 3. The third kappa shape index (κ3) is 2.19. The van der Waals surface area contributed by atoms with Gasteiger partial charge in [-0.25, -0.2) is 9.50 Å². The van der Waals surface area contributed by atoms with Crippen molar-refractivity contribution in [2.24, 2.45) is 0 Å². The summed E-state index contributed by atoms with van der Waals surface area (Å²) in [6.45, 7) is 5.33. The maximum absolute atomic E-state index is 12.0. The number of nitrogens with one attached hydrogen (secondary N) is 1. The molecule has 0 saturated carbocycles. The van der Waals surface area contributed by atoms with Crippen LogP contribution >= 0.6 is 0 Å². The van der Waals surface area contributed by atoms with Gasteiger partial charge in [-0.2, -0.15) is 5.10 Å². The maximum Gasteiger partial charge on any atom is 0.254 e. The van der Waals surface area contributed by atoms with Crippen LogP contribution in [0.2, 0.25) is 0 Å². The molecule has 0 aliphatic heterocycles. The summed E-state index contributed by atoms with van der Waals surface area (Å²) in [5, 5.41) is 15.9. The predicted octanol–water partition coefficient (Wildman–Crippen LogP) is 0.457. The lowest BCUT2D eigenvalue weighted by molar-refractivity contribution is 0.0920. The minimum absolute atomic E-state index is 0.0959. The first-order valence-corrected chi connectivity index (χ1v) is 5.76. The van der Waals surface area contributed by atoms with Crippen LogP contribution in [0, 0.1) is 13.8 Å². The van der Waals surface area contributed by atoms with Gasteiger partial charge < -0.3 is 10.4 Å². The summed E-state index contributed by atoms with van der Waals surface area (Å²) in [4.78, 5) is 16.2. The molecule has 1 atom stereocenters. The fourth-order valence-corrected chi connectivity index (χ4v) is 1.73. The Morgan fingerprint density at radius 1 is 1.56 bits per heavy atom. The largest absolute Gasteiger partial charge is 0.394 e. The molecule has 0 aromatic carbocycles. The molecule has 2 aromatic rings. The van der Waals surface area contributed by atoms with Crippen molar-refractivity contribution in [2.75, 3.05) is 6.61 Å². The van der Waals surface area contributed by atoms with E-state index in [1.165, 1.54) is 6.20 Å². The van der Waals surface area contributed by atoms with Crippen molar-refractivity contribution in [1.82, 2.24) is 19.9 Å². The van der Waals surface area contributed by atoms with Crippen LogP contribution in [0.1, 0.15) is 28.7 Å². The summed E-state index contributed by atoms with van der Waals surface area (Å²) in [7, 11) is 0. The molecule has 0 fully saturated rings. The summed E-state index contributed by atoms with van der Waals surface area (Å²) in [6.07, 6.45) is 1.53. The van der Waals surface area contributed by atoms with Crippen molar-refractivity contribution >= 4 is 11.6 Å². The number of hydrogen-bond donors (Lipinski definition) is 2. The van der Waals surface area contributed by atoms with Crippen LogP contribution in [-0.4, -0.2) is 38.3 Å². The highest BCUT2D eigenvalue weighted by atomic mass is 16.3. The number of carbonyl (C=O) groups excluding carboxylic acids is 1. The number of aliphatic hydroxyl groups is 1. The second-order valence-corrected chi connectivity index (χ2v) is 4.37. The highest BCUT2D eigenvalue weighted by Gasteiger charge is 2.15. The van der Waals surface area contributed by atoms with Crippen LogP contribution in [-0.2, 0) is 0 Å². The lowest BCUT2D eigenvalue weighted by atomic mass is 10.2. The van der Waals surface area contributed by atoms with Crippen molar-refractivity contribution in [1.29, 1.82) is 0 Å². The number of carbonyl (C=O) groups is 1. The van der Waals surface area contributed by atoms with E-state index in [9.17, 15) is 4.79 Å². The topological polar surface area (TPSA) is 79.5 Å². The number of hydrogen-bond acceptors (Lipinski definition) is 4. The smallest absolute Gasteiger partial charge is 0.254 e. The van der Waals surface area contributed by atoms with E-state index in [-0.39, 0.29) is 18.6 Å². The summed E-state index contributed by atoms with van der Waals surface area (Å²) >= 11 is 0. The van der Waals surface area contributed by atoms with Crippen LogP contribution < -0.4 is 5.32 Å². The molecular formula is C12H16N4O2. The van der Waals surface area contributed by atoms with Crippen LogP contribution in [0.5, 0.6) is 0 Å². The fraction of sp³-hybridized carbons (Fsp3) is 0.417. The number of aliphatic hydroxyl groups excluding tert-OH is 1. The summed E-state index contributed by atoms with van der Waals surface area (Å²) in [5.74, 6) is -0.253. The van der Waals surface area contributed by atoms with Crippen LogP contribution in [0.3, 0.4) is 0 Å². The van der Waals surface area contributed by atoms with E-state index in [0.717, 1.165) is 17.0 Å². The third-order valence-corrected chi connectivity index (χ3v) is 2.74. The van der Waals surface area contributed by atoms with Gasteiger partial charge in [-0.3, -0.25) is 4.79 Å².